The summed E-state index contributed by atoms with van der Waals surface area (Å²) in [4.78, 5) is 29.4. The van der Waals surface area contributed by atoms with Gasteiger partial charge >= 0.3 is 0 Å². The van der Waals surface area contributed by atoms with Gasteiger partial charge in [0.1, 0.15) is 0 Å². The molecule has 2 aromatic rings. The summed E-state index contributed by atoms with van der Waals surface area (Å²) in [6.45, 7) is 6.89. The molecule has 0 radical (unpaired) electrons. The molecule has 1 aliphatic heterocycles. The predicted octanol–water partition coefficient (Wildman–Crippen LogP) is 3.09. The Morgan fingerprint density at radius 1 is 1.00 bits per heavy atom. The van der Waals surface area contributed by atoms with Crippen LogP contribution >= 0.6 is 11.6 Å². The molecule has 6 heteroatoms. The zero-order valence-corrected chi connectivity index (χ0v) is 16.9. The van der Waals surface area contributed by atoms with Crippen LogP contribution in [0, 0.1) is 0 Å². The molecule has 2 aromatic carbocycles. The summed E-state index contributed by atoms with van der Waals surface area (Å²) in [7, 11) is 0. The average molecular weight is 400 g/mol. The zero-order chi connectivity index (χ0) is 19.9. The van der Waals surface area contributed by atoms with Crippen molar-refractivity contribution in [3.8, 4) is 0 Å². The minimum absolute atomic E-state index is 0.00988. The topological polar surface area (TPSA) is 52.7 Å². The first-order chi connectivity index (χ1) is 13.6. The second-order valence-electron chi connectivity index (χ2n) is 6.94. The van der Waals surface area contributed by atoms with E-state index in [1.165, 1.54) is 0 Å². The van der Waals surface area contributed by atoms with Crippen molar-refractivity contribution in [1.82, 2.24) is 15.1 Å². The highest BCUT2D eigenvalue weighted by Gasteiger charge is 2.21. The van der Waals surface area contributed by atoms with Gasteiger partial charge in [-0.3, -0.25) is 9.59 Å². The maximum absolute atomic E-state index is 12.8. The first-order valence-electron chi connectivity index (χ1n) is 9.71. The molecule has 1 fully saturated rings. The monoisotopic (exact) mass is 399 g/mol. The molecule has 1 aliphatic rings. The van der Waals surface area contributed by atoms with Gasteiger partial charge in [-0.05, 0) is 48.9 Å². The first-order valence-corrected chi connectivity index (χ1v) is 10.1. The van der Waals surface area contributed by atoms with Crippen LogP contribution in [-0.4, -0.2) is 60.9 Å². The van der Waals surface area contributed by atoms with Crippen molar-refractivity contribution in [2.45, 2.75) is 13.3 Å². The van der Waals surface area contributed by atoms with E-state index in [-0.39, 0.29) is 11.8 Å². The number of carbonyl (C=O) groups is 2. The molecular formula is C22H26ClN3O2. The molecule has 2 amide bonds. The van der Waals surface area contributed by atoms with E-state index in [9.17, 15) is 9.59 Å². The number of carbonyl (C=O) groups excluding carboxylic acids is 2. The minimum Gasteiger partial charge on any atom is -0.352 e. The average Bonchev–Trinajstić information content (AvgIpc) is 2.73. The van der Waals surface area contributed by atoms with Crippen LogP contribution in [0.4, 0.5) is 0 Å². The number of amides is 2. The molecule has 3 rings (SSSR count). The Hall–Kier alpha value is -2.37. The molecule has 0 atom stereocenters. The van der Waals surface area contributed by atoms with E-state index in [1.807, 2.05) is 29.2 Å². The van der Waals surface area contributed by atoms with Gasteiger partial charge in [0, 0.05) is 48.9 Å². The molecule has 0 unspecified atom stereocenters. The second kappa shape index (κ2) is 9.71. The van der Waals surface area contributed by atoms with Crippen molar-refractivity contribution in [3.05, 3.63) is 70.2 Å². The Bertz CT molecular complexity index is 832. The Morgan fingerprint density at radius 3 is 2.43 bits per heavy atom. The van der Waals surface area contributed by atoms with E-state index in [0.29, 0.717) is 29.1 Å². The minimum atomic E-state index is -0.174. The van der Waals surface area contributed by atoms with Crippen molar-refractivity contribution in [2.24, 2.45) is 0 Å². The number of nitrogens with zero attached hydrogens (tertiary/aromatic N) is 2. The van der Waals surface area contributed by atoms with Crippen molar-refractivity contribution in [1.29, 1.82) is 0 Å². The van der Waals surface area contributed by atoms with Gasteiger partial charge in [0.25, 0.3) is 11.8 Å². The summed E-state index contributed by atoms with van der Waals surface area (Å²) < 4.78 is 0. The summed E-state index contributed by atoms with van der Waals surface area (Å²) in [5, 5.41) is 3.60. The van der Waals surface area contributed by atoms with Gasteiger partial charge in [0.05, 0.1) is 0 Å². The second-order valence-corrected chi connectivity index (χ2v) is 7.38. The van der Waals surface area contributed by atoms with Crippen LogP contribution in [0.25, 0.3) is 0 Å². The van der Waals surface area contributed by atoms with Gasteiger partial charge in [0.2, 0.25) is 0 Å². The largest absolute Gasteiger partial charge is 0.352 e. The van der Waals surface area contributed by atoms with Crippen LogP contribution in [0.5, 0.6) is 0 Å². The molecule has 5 nitrogen and oxygen atoms in total. The molecule has 1 saturated heterocycles. The number of halogens is 1. The predicted molar refractivity (Wildman–Crippen MR) is 112 cm³/mol. The lowest BCUT2D eigenvalue weighted by molar-refractivity contribution is 0.0643. The summed E-state index contributed by atoms with van der Waals surface area (Å²) in [6, 6.07) is 14.6. The Kier molecular flexibility index (Phi) is 7.06. The van der Waals surface area contributed by atoms with Gasteiger partial charge < -0.3 is 15.1 Å². The van der Waals surface area contributed by atoms with E-state index >= 15 is 0 Å². The third-order valence-electron chi connectivity index (χ3n) is 5.07. The summed E-state index contributed by atoms with van der Waals surface area (Å²) in [6.07, 6.45) is 0.701. The van der Waals surface area contributed by atoms with Gasteiger partial charge in [-0.15, -0.1) is 0 Å². The molecule has 0 aliphatic carbocycles. The highest BCUT2D eigenvalue weighted by molar-refractivity contribution is 6.30. The van der Waals surface area contributed by atoms with Crippen LogP contribution < -0.4 is 5.32 Å². The van der Waals surface area contributed by atoms with Crippen molar-refractivity contribution in [2.75, 3.05) is 39.3 Å². The molecule has 1 N–H and O–H groups in total. The maximum atomic E-state index is 12.8. The van der Waals surface area contributed by atoms with E-state index in [0.717, 1.165) is 38.3 Å². The lowest BCUT2D eigenvalue weighted by atomic mass is 10.1. The summed E-state index contributed by atoms with van der Waals surface area (Å²) >= 11 is 5.98. The van der Waals surface area contributed by atoms with Crippen molar-refractivity contribution < 1.29 is 9.59 Å². The van der Waals surface area contributed by atoms with E-state index in [2.05, 4.69) is 17.1 Å². The van der Waals surface area contributed by atoms with Crippen molar-refractivity contribution in [3.63, 3.8) is 0 Å². The van der Waals surface area contributed by atoms with Gasteiger partial charge in [-0.25, -0.2) is 0 Å². The van der Waals surface area contributed by atoms with Crippen molar-refractivity contribution >= 4 is 23.4 Å². The van der Waals surface area contributed by atoms with Gasteiger partial charge in [-0.1, -0.05) is 36.7 Å². The molecule has 0 saturated carbocycles. The number of rotatable bonds is 6. The molecule has 0 bridgehead atoms. The maximum Gasteiger partial charge on any atom is 0.253 e. The molecule has 28 heavy (non-hydrogen) atoms. The highest BCUT2D eigenvalue weighted by atomic mass is 35.5. The molecule has 148 valence electrons. The van der Waals surface area contributed by atoms with E-state index < -0.39 is 0 Å². The van der Waals surface area contributed by atoms with Crippen LogP contribution in [0.15, 0.2) is 48.5 Å². The van der Waals surface area contributed by atoms with Crippen LogP contribution in [0.2, 0.25) is 5.02 Å². The van der Waals surface area contributed by atoms with Crippen LogP contribution in [-0.2, 0) is 6.42 Å². The summed E-state index contributed by atoms with van der Waals surface area (Å²) in [5.74, 6) is -0.184. The fraction of sp³-hybridized carbons (Fsp3) is 0.364. The highest BCUT2D eigenvalue weighted by Crippen LogP contribution is 2.12. The molecule has 0 spiro atoms. The van der Waals surface area contributed by atoms with Crippen LogP contribution in [0.3, 0.4) is 0 Å². The lowest BCUT2D eigenvalue weighted by Crippen LogP contribution is -2.48. The lowest BCUT2D eigenvalue weighted by Gasteiger charge is -2.34. The van der Waals surface area contributed by atoms with Gasteiger partial charge in [-0.2, -0.15) is 0 Å². The molecule has 1 heterocycles. The number of benzene rings is 2. The summed E-state index contributed by atoms with van der Waals surface area (Å²) in [5.41, 5.74) is 2.14. The number of hydrogen-bond acceptors (Lipinski definition) is 3. The molecule has 0 aromatic heterocycles. The third-order valence-corrected chi connectivity index (χ3v) is 5.30. The Labute approximate surface area is 171 Å². The standard InChI is InChI=1S/C22H26ClN3O2/c1-2-25-11-13-26(14-12-25)22(28)19-7-4-6-18(16-19)21(27)24-10-9-17-5-3-8-20(23)15-17/h3-8,15-16H,2,9-14H2,1H3,(H,24,27). The number of hydrogen-bond donors (Lipinski definition) is 1. The van der Waals surface area contributed by atoms with E-state index in [4.69, 9.17) is 11.6 Å². The van der Waals surface area contributed by atoms with Crippen LogP contribution in [0.1, 0.15) is 33.2 Å². The SMILES string of the molecule is CCN1CCN(C(=O)c2cccc(C(=O)NCCc3cccc(Cl)c3)c2)CC1. The fourth-order valence-corrected chi connectivity index (χ4v) is 3.57. The number of likely N-dealkylation sites (N-methyl/N-ethyl adjacent to an activating group) is 1. The quantitative estimate of drug-likeness (QED) is 0.812. The Morgan fingerprint density at radius 2 is 1.71 bits per heavy atom. The van der Waals surface area contributed by atoms with Gasteiger partial charge in [0.15, 0.2) is 0 Å². The fourth-order valence-electron chi connectivity index (χ4n) is 3.36. The zero-order valence-electron chi connectivity index (χ0n) is 16.2. The smallest absolute Gasteiger partial charge is 0.253 e. The third kappa shape index (κ3) is 5.33. The Balaban J connectivity index is 1.56. The van der Waals surface area contributed by atoms with E-state index in [1.54, 1.807) is 24.3 Å². The normalized spacial score (nSPS) is 14.7. The number of nitrogens with one attached hydrogen (secondary N) is 1. The molecular weight excluding hydrogens is 374 g/mol. The number of piperazine rings is 1. The first kappa shape index (κ1) is 20.4.